The second kappa shape index (κ2) is 7.37. The minimum absolute atomic E-state index is 0.247. The Morgan fingerprint density at radius 3 is 2.54 bits per heavy atom. The summed E-state index contributed by atoms with van der Waals surface area (Å²) in [4.78, 5) is 13.9. The van der Waals surface area contributed by atoms with Gasteiger partial charge in [-0.05, 0) is 24.6 Å². The van der Waals surface area contributed by atoms with Gasteiger partial charge in [-0.15, -0.1) is 0 Å². The minimum atomic E-state index is -4.53. The number of morpholine rings is 1. The molecule has 7 heteroatoms. The highest BCUT2D eigenvalue weighted by Gasteiger charge is 2.34. The van der Waals surface area contributed by atoms with Gasteiger partial charge in [-0.25, -0.2) is 4.79 Å². The van der Waals surface area contributed by atoms with Crippen molar-refractivity contribution in [2.45, 2.75) is 19.2 Å². The molecule has 1 saturated heterocycles. The number of rotatable bonds is 2. The topological polar surface area (TPSA) is 41.6 Å². The predicted octanol–water partition coefficient (Wildman–Crippen LogP) is 4.62. The Balaban J connectivity index is 1.71. The molecule has 0 bridgehead atoms. The Hall–Kier alpha value is -2.54. The Morgan fingerprint density at radius 2 is 1.85 bits per heavy atom. The number of para-hydroxylation sites is 1. The van der Waals surface area contributed by atoms with Gasteiger partial charge in [0.25, 0.3) is 0 Å². The number of urea groups is 1. The fourth-order valence-corrected chi connectivity index (χ4v) is 2.85. The van der Waals surface area contributed by atoms with E-state index in [0.29, 0.717) is 13.2 Å². The molecule has 26 heavy (non-hydrogen) atoms. The number of hydrogen-bond donors (Lipinski definition) is 1. The number of amides is 2. The molecule has 2 aromatic carbocycles. The first-order valence-corrected chi connectivity index (χ1v) is 8.25. The predicted molar refractivity (Wildman–Crippen MR) is 91.9 cm³/mol. The lowest BCUT2D eigenvalue weighted by atomic mass is 10.1. The number of alkyl halides is 3. The summed E-state index contributed by atoms with van der Waals surface area (Å²) in [5, 5.41) is 2.38. The molecule has 1 unspecified atom stereocenters. The van der Waals surface area contributed by atoms with Gasteiger partial charge in [-0.3, -0.25) is 0 Å². The van der Waals surface area contributed by atoms with Crippen LogP contribution < -0.4 is 5.32 Å². The largest absolute Gasteiger partial charge is 0.418 e. The number of aryl methyl sites for hydroxylation is 1. The monoisotopic (exact) mass is 364 g/mol. The van der Waals surface area contributed by atoms with Crippen LogP contribution in [0.4, 0.5) is 23.7 Å². The van der Waals surface area contributed by atoms with Crippen LogP contribution in [0.3, 0.4) is 0 Å². The fourth-order valence-electron chi connectivity index (χ4n) is 2.85. The lowest BCUT2D eigenvalue weighted by Crippen LogP contribution is -2.44. The molecule has 0 saturated carbocycles. The highest BCUT2D eigenvalue weighted by molar-refractivity contribution is 5.90. The summed E-state index contributed by atoms with van der Waals surface area (Å²) in [7, 11) is 0. The zero-order valence-corrected chi connectivity index (χ0v) is 14.2. The van der Waals surface area contributed by atoms with Crippen LogP contribution in [-0.2, 0) is 10.9 Å². The van der Waals surface area contributed by atoms with Gasteiger partial charge < -0.3 is 15.0 Å². The Bertz CT molecular complexity index is 775. The lowest BCUT2D eigenvalue weighted by Gasteiger charge is -2.33. The number of carbonyl (C=O) groups excluding carboxylic acids is 1. The Morgan fingerprint density at radius 1 is 1.15 bits per heavy atom. The van der Waals surface area contributed by atoms with Crippen LogP contribution in [0.15, 0.2) is 48.5 Å². The van der Waals surface area contributed by atoms with Crippen molar-refractivity contribution in [1.29, 1.82) is 0 Å². The summed E-state index contributed by atoms with van der Waals surface area (Å²) in [6.07, 6.45) is -4.83. The number of nitrogens with zero attached hydrogens (tertiary/aromatic N) is 1. The fraction of sp³-hybridized carbons (Fsp3) is 0.316. The highest BCUT2D eigenvalue weighted by Crippen LogP contribution is 2.34. The van der Waals surface area contributed by atoms with E-state index in [4.69, 9.17) is 4.74 Å². The van der Waals surface area contributed by atoms with Crippen molar-refractivity contribution in [1.82, 2.24) is 4.90 Å². The minimum Gasteiger partial charge on any atom is -0.370 e. The van der Waals surface area contributed by atoms with E-state index in [1.807, 2.05) is 31.2 Å². The first-order valence-electron chi connectivity index (χ1n) is 8.25. The maximum absolute atomic E-state index is 13.1. The van der Waals surface area contributed by atoms with Crippen molar-refractivity contribution in [3.05, 3.63) is 65.2 Å². The number of halogens is 3. The third-order valence-corrected chi connectivity index (χ3v) is 4.28. The molecule has 0 radical (unpaired) electrons. The molecule has 2 amide bonds. The van der Waals surface area contributed by atoms with Gasteiger partial charge in [0.15, 0.2) is 0 Å². The summed E-state index contributed by atoms with van der Waals surface area (Å²) in [5.41, 5.74) is 0.937. The van der Waals surface area contributed by atoms with Gasteiger partial charge >= 0.3 is 12.2 Å². The molecule has 1 fully saturated rings. The molecular weight excluding hydrogens is 345 g/mol. The van der Waals surface area contributed by atoms with Gasteiger partial charge in [0.05, 0.1) is 24.4 Å². The SMILES string of the molecule is Cc1ccc(C2CN(C(=O)Nc3ccccc3C(F)(F)F)CCO2)cc1. The molecule has 3 rings (SSSR count). The van der Waals surface area contributed by atoms with Crippen molar-refractivity contribution in [3.63, 3.8) is 0 Å². The number of carbonyl (C=O) groups is 1. The van der Waals surface area contributed by atoms with E-state index in [-0.39, 0.29) is 18.3 Å². The van der Waals surface area contributed by atoms with Gasteiger partial charge in [0, 0.05) is 6.54 Å². The van der Waals surface area contributed by atoms with E-state index < -0.39 is 17.8 Å². The van der Waals surface area contributed by atoms with Crippen LogP contribution >= 0.6 is 0 Å². The Kier molecular flexibility index (Phi) is 5.18. The zero-order chi connectivity index (χ0) is 18.7. The van der Waals surface area contributed by atoms with Crippen molar-refractivity contribution < 1.29 is 22.7 Å². The second-order valence-electron chi connectivity index (χ2n) is 6.19. The van der Waals surface area contributed by atoms with Crippen LogP contribution in [0, 0.1) is 6.92 Å². The molecular formula is C19H19F3N2O2. The first-order chi connectivity index (χ1) is 12.3. The highest BCUT2D eigenvalue weighted by atomic mass is 19.4. The maximum atomic E-state index is 13.1. The van der Waals surface area contributed by atoms with Gasteiger partial charge in [-0.1, -0.05) is 42.0 Å². The summed E-state index contributed by atoms with van der Waals surface area (Å²) in [6, 6.07) is 12.2. The summed E-state index contributed by atoms with van der Waals surface area (Å²) in [6.45, 7) is 2.90. The smallest absolute Gasteiger partial charge is 0.370 e. The van der Waals surface area contributed by atoms with Crippen LogP contribution in [0.1, 0.15) is 22.8 Å². The number of benzene rings is 2. The molecule has 138 valence electrons. The number of nitrogens with one attached hydrogen (secondary N) is 1. The molecule has 2 aromatic rings. The molecule has 0 aromatic heterocycles. The molecule has 0 spiro atoms. The average molecular weight is 364 g/mol. The summed E-state index contributed by atoms with van der Waals surface area (Å²) >= 11 is 0. The third kappa shape index (κ3) is 4.16. The molecule has 0 aliphatic carbocycles. The average Bonchev–Trinajstić information content (AvgIpc) is 2.62. The van der Waals surface area contributed by atoms with E-state index in [1.54, 1.807) is 0 Å². The molecule has 1 aliphatic rings. The van der Waals surface area contributed by atoms with Crippen LogP contribution in [-0.4, -0.2) is 30.6 Å². The van der Waals surface area contributed by atoms with Gasteiger partial charge in [0.2, 0.25) is 0 Å². The van der Waals surface area contributed by atoms with Crippen molar-refractivity contribution in [2.24, 2.45) is 0 Å². The molecule has 1 N–H and O–H groups in total. The van der Waals surface area contributed by atoms with E-state index in [1.165, 1.54) is 23.1 Å². The normalized spacial score (nSPS) is 17.8. The molecule has 1 atom stereocenters. The van der Waals surface area contributed by atoms with Gasteiger partial charge in [0.1, 0.15) is 6.10 Å². The van der Waals surface area contributed by atoms with E-state index >= 15 is 0 Å². The van der Waals surface area contributed by atoms with Gasteiger partial charge in [-0.2, -0.15) is 13.2 Å². The van der Waals surface area contributed by atoms with E-state index in [2.05, 4.69) is 5.32 Å². The maximum Gasteiger partial charge on any atom is 0.418 e. The zero-order valence-electron chi connectivity index (χ0n) is 14.2. The van der Waals surface area contributed by atoms with Crippen molar-refractivity contribution >= 4 is 11.7 Å². The molecule has 1 aliphatic heterocycles. The first kappa shape index (κ1) is 18.3. The summed E-state index contributed by atoms with van der Waals surface area (Å²) in [5.74, 6) is 0. The summed E-state index contributed by atoms with van der Waals surface area (Å²) < 4.78 is 44.9. The number of hydrogen-bond acceptors (Lipinski definition) is 2. The van der Waals surface area contributed by atoms with Crippen LogP contribution in [0.5, 0.6) is 0 Å². The van der Waals surface area contributed by atoms with Crippen LogP contribution in [0.2, 0.25) is 0 Å². The van der Waals surface area contributed by atoms with E-state index in [0.717, 1.165) is 17.2 Å². The quantitative estimate of drug-likeness (QED) is 0.845. The third-order valence-electron chi connectivity index (χ3n) is 4.28. The standard InChI is InChI=1S/C19H19F3N2O2/c1-13-6-8-14(9-7-13)17-12-24(10-11-26-17)18(25)23-16-5-3-2-4-15(16)19(20,21)22/h2-9,17H,10-12H2,1H3,(H,23,25). The lowest BCUT2D eigenvalue weighted by molar-refractivity contribution is -0.136. The van der Waals surface area contributed by atoms with Crippen molar-refractivity contribution in [2.75, 3.05) is 25.0 Å². The van der Waals surface area contributed by atoms with E-state index in [9.17, 15) is 18.0 Å². The van der Waals surface area contributed by atoms with Crippen LogP contribution in [0.25, 0.3) is 0 Å². The Labute approximate surface area is 149 Å². The second-order valence-corrected chi connectivity index (χ2v) is 6.19. The van der Waals surface area contributed by atoms with Crippen molar-refractivity contribution in [3.8, 4) is 0 Å². The number of anilines is 1. The molecule has 1 heterocycles. The number of ether oxygens (including phenoxy) is 1. The molecule has 4 nitrogen and oxygen atoms in total.